The second kappa shape index (κ2) is 7.25. The standard InChI is InChI=1S/C15H29N3O/c1-13-6-3-4-8-17(13)11-14-7-5-9-18(12-14)15(19)10-16-2/h13-14,16H,3-12H2,1-2H3/t13-,14-/m0/s1. The summed E-state index contributed by atoms with van der Waals surface area (Å²) < 4.78 is 0. The molecular formula is C15H29N3O. The first-order valence-electron chi connectivity index (χ1n) is 7.87. The van der Waals surface area contributed by atoms with E-state index in [0.717, 1.165) is 19.1 Å². The molecule has 0 saturated carbocycles. The molecule has 2 saturated heterocycles. The van der Waals surface area contributed by atoms with E-state index in [2.05, 4.69) is 22.0 Å². The molecule has 0 unspecified atom stereocenters. The van der Waals surface area contributed by atoms with Crippen LogP contribution in [0, 0.1) is 5.92 Å². The van der Waals surface area contributed by atoms with Crippen LogP contribution in [0.15, 0.2) is 0 Å². The maximum atomic E-state index is 12.0. The van der Waals surface area contributed by atoms with E-state index in [9.17, 15) is 4.79 Å². The second-order valence-electron chi connectivity index (χ2n) is 6.22. The lowest BCUT2D eigenvalue weighted by Crippen LogP contribution is -2.48. The topological polar surface area (TPSA) is 35.6 Å². The molecule has 2 atom stereocenters. The predicted molar refractivity (Wildman–Crippen MR) is 78.1 cm³/mol. The van der Waals surface area contributed by atoms with E-state index in [1.54, 1.807) is 0 Å². The van der Waals surface area contributed by atoms with Crippen molar-refractivity contribution in [2.75, 3.05) is 39.8 Å². The molecule has 0 aliphatic carbocycles. The number of amides is 1. The highest BCUT2D eigenvalue weighted by atomic mass is 16.2. The van der Waals surface area contributed by atoms with Crippen LogP contribution in [0.2, 0.25) is 0 Å². The minimum Gasteiger partial charge on any atom is -0.341 e. The van der Waals surface area contributed by atoms with Crippen molar-refractivity contribution in [3.63, 3.8) is 0 Å². The molecule has 0 aromatic rings. The first kappa shape index (κ1) is 14.8. The Morgan fingerprint density at radius 1 is 1.21 bits per heavy atom. The van der Waals surface area contributed by atoms with Crippen LogP contribution in [-0.2, 0) is 4.79 Å². The van der Waals surface area contributed by atoms with Crippen LogP contribution in [0.5, 0.6) is 0 Å². The highest BCUT2D eigenvalue weighted by Gasteiger charge is 2.27. The van der Waals surface area contributed by atoms with Gasteiger partial charge in [0.1, 0.15) is 0 Å². The number of carbonyl (C=O) groups excluding carboxylic acids is 1. The van der Waals surface area contributed by atoms with Gasteiger partial charge < -0.3 is 15.1 Å². The van der Waals surface area contributed by atoms with Crippen molar-refractivity contribution in [3.05, 3.63) is 0 Å². The van der Waals surface area contributed by atoms with Gasteiger partial charge in [-0.1, -0.05) is 6.42 Å². The lowest BCUT2D eigenvalue weighted by atomic mass is 9.94. The van der Waals surface area contributed by atoms with Gasteiger partial charge >= 0.3 is 0 Å². The van der Waals surface area contributed by atoms with E-state index >= 15 is 0 Å². The van der Waals surface area contributed by atoms with Crippen molar-refractivity contribution in [1.29, 1.82) is 0 Å². The molecule has 2 aliphatic heterocycles. The molecular weight excluding hydrogens is 238 g/mol. The van der Waals surface area contributed by atoms with Crippen LogP contribution in [-0.4, -0.2) is 61.5 Å². The van der Waals surface area contributed by atoms with Crippen molar-refractivity contribution < 1.29 is 4.79 Å². The molecule has 0 spiro atoms. The Kier molecular flexibility index (Phi) is 5.64. The van der Waals surface area contributed by atoms with Crippen LogP contribution in [0.3, 0.4) is 0 Å². The maximum Gasteiger partial charge on any atom is 0.236 e. The van der Waals surface area contributed by atoms with Crippen molar-refractivity contribution in [2.45, 2.75) is 45.1 Å². The van der Waals surface area contributed by atoms with Gasteiger partial charge in [-0.15, -0.1) is 0 Å². The zero-order chi connectivity index (χ0) is 13.7. The molecule has 2 aliphatic rings. The molecule has 0 radical (unpaired) electrons. The Morgan fingerprint density at radius 2 is 2.05 bits per heavy atom. The molecule has 2 rings (SSSR count). The number of hydrogen-bond acceptors (Lipinski definition) is 3. The third-order valence-electron chi connectivity index (χ3n) is 4.63. The summed E-state index contributed by atoms with van der Waals surface area (Å²) in [6, 6.07) is 0.733. The zero-order valence-electron chi connectivity index (χ0n) is 12.5. The Hall–Kier alpha value is -0.610. The Bertz CT molecular complexity index is 295. The summed E-state index contributed by atoms with van der Waals surface area (Å²) in [7, 11) is 1.84. The normalized spacial score (nSPS) is 29.5. The molecule has 2 fully saturated rings. The summed E-state index contributed by atoms with van der Waals surface area (Å²) in [6.45, 7) is 7.18. The SMILES string of the molecule is CNCC(=O)N1CCC[C@@H](CN2CCCC[C@@H]2C)C1. The van der Waals surface area contributed by atoms with E-state index in [4.69, 9.17) is 0 Å². The summed E-state index contributed by atoms with van der Waals surface area (Å²) in [5.41, 5.74) is 0. The molecule has 110 valence electrons. The van der Waals surface area contributed by atoms with E-state index in [1.807, 2.05) is 7.05 Å². The smallest absolute Gasteiger partial charge is 0.236 e. The molecule has 4 heteroatoms. The monoisotopic (exact) mass is 267 g/mol. The maximum absolute atomic E-state index is 12.0. The molecule has 0 aromatic carbocycles. The van der Waals surface area contributed by atoms with Gasteiger partial charge in [0.15, 0.2) is 0 Å². The van der Waals surface area contributed by atoms with E-state index in [-0.39, 0.29) is 5.91 Å². The number of nitrogens with one attached hydrogen (secondary N) is 1. The third-order valence-corrected chi connectivity index (χ3v) is 4.63. The van der Waals surface area contributed by atoms with Gasteiger partial charge in [-0.3, -0.25) is 4.79 Å². The Labute approximate surface area is 117 Å². The average molecular weight is 267 g/mol. The molecule has 1 N–H and O–H groups in total. The summed E-state index contributed by atoms with van der Waals surface area (Å²) in [4.78, 5) is 16.6. The number of nitrogens with zero attached hydrogens (tertiary/aromatic N) is 2. The minimum atomic E-state index is 0.263. The van der Waals surface area contributed by atoms with Crippen molar-refractivity contribution in [3.8, 4) is 0 Å². The van der Waals surface area contributed by atoms with Crippen LogP contribution < -0.4 is 5.32 Å². The summed E-state index contributed by atoms with van der Waals surface area (Å²) in [5, 5.41) is 2.97. The minimum absolute atomic E-state index is 0.263. The van der Waals surface area contributed by atoms with E-state index in [1.165, 1.54) is 45.2 Å². The van der Waals surface area contributed by atoms with Gasteiger partial charge in [0, 0.05) is 25.7 Å². The number of piperidine rings is 2. The fourth-order valence-corrected chi connectivity index (χ4v) is 3.46. The van der Waals surface area contributed by atoms with Crippen molar-refractivity contribution in [1.82, 2.24) is 15.1 Å². The summed E-state index contributed by atoms with van der Waals surface area (Å²) in [5.74, 6) is 0.939. The molecule has 2 heterocycles. The van der Waals surface area contributed by atoms with Crippen molar-refractivity contribution >= 4 is 5.91 Å². The number of carbonyl (C=O) groups is 1. The fourth-order valence-electron chi connectivity index (χ4n) is 3.46. The lowest BCUT2D eigenvalue weighted by molar-refractivity contribution is -0.132. The average Bonchev–Trinajstić information content (AvgIpc) is 2.42. The molecule has 0 aromatic heterocycles. The molecule has 0 bridgehead atoms. The zero-order valence-corrected chi connectivity index (χ0v) is 12.5. The Balaban J connectivity index is 1.81. The molecule has 19 heavy (non-hydrogen) atoms. The largest absolute Gasteiger partial charge is 0.341 e. The first-order valence-corrected chi connectivity index (χ1v) is 7.87. The lowest BCUT2D eigenvalue weighted by Gasteiger charge is -2.39. The number of hydrogen-bond donors (Lipinski definition) is 1. The summed E-state index contributed by atoms with van der Waals surface area (Å²) >= 11 is 0. The molecule has 4 nitrogen and oxygen atoms in total. The quantitative estimate of drug-likeness (QED) is 0.834. The van der Waals surface area contributed by atoms with E-state index in [0.29, 0.717) is 12.5 Å². The Morgan fingerprint density at radius 3 is 2.79 bits per heavy atom. The van der Waals surface area contributed by atoms with Gasteiger partial charge in [-0.05, 0) is 52.1 Å². The van der Waals surface area contributed by atoms with Crippen LogP contribution in [0.4, 0.5) is 0 Å². The van der Waals surface area contributed by atoms with Crippen molar-refractivity contribution in [2.24, 2.45) is 5.92 Å². The number of rotatable bonds is 4. The van der Waals surface area contributed by atoms with Crippen LogP contribution in [0.25, 0.3) is 0 Å². The van der Waals surface area contributed by atoms with Crippen LogP contribution in [0.1, 0.15) is 39.0 Å². The van der Waals surface area contributed by atoms with Crippen LogP contribution >= 0.6 is 0 Å². The van der Waals surface area contributed by atoms with Gasteiger partial charge in [0.25, 0.3) is 0 Å². The number of likely N-dealkylation sites (tertiary alicyclic amines) is 2. The van der Waals surface area contributed by atoms with Gasteiger partial charge in [-0.25, -0.2) is 0 Å². The number of likely N-dealkylation sites (N-methyl/N-ethyl adjacent to an activating group) is 1. The predicted octanol–water partition coefficient (Wildman–Crippen LogP) is 1.32. The molecule has 1 amide bonds. The van der Waals surface area contributed by atoms with Gasteiger partial charge in [-0.2, -0.15) is 0 Å². The van der Waals surface area contributed by atoms with Gasteiger partial charge in [0.05, 0.1) is 6.54 Å². The second-order valence-corrected chi connectivity index (χ2v) is 6.22. The first-order chi connectivity index (χ1) is 9.20. The summed E-state index contributed by atoms with van der Waals surface area (Å²) in [6.07, 6.45) is 6.53. The third kappa shape index (κ3) is 4.18. The fraction of sp³-hybridized carbons (Fsp3) is 0.933. The van der Waals surface area contributed by atoms with E-state index < -0.39 is 0 Å². The van der Waals surface area contributed by atoms with Gasteiger partial charge in [0.2, 0.25) is 5.91 Å². The highest BCUT2D eigenvalue weighted by Crippen LogP contribution is 2.22. The highest BCUT2D eigenvalue weighted by molar-refractivity contribution is 5.78.